The number of carbonyl (C=O) groups excluding carboxylic acids is 4. The van der Waals surface area contributed by atoms with Gasteiger partial charge in [-0.05, 0) is 97.6 Å². The molecule has 0 radical (unpaired) electrons. The minimum Gasteiger partial charge on any atom is -0.346 e. The minimum atomic E-state index is -0.607. The fourth-order valence-corrected chi connectivity index (χ4v) is 8.67. The Balaban J connectivity index is 0.766. The Morgan fingerprint density at radius 2 is 1.77 bits per heavy atom. The van der Waals surface area contributed by atoms with E-state index >= 15 is 0 Å². The summed E-state index contributed by atoms with van der Waals surface area (Å²) in [6.07, 6.45) is 10.9. The molecule has 53 heavy (non-hydrogen) atoms. The molecule has 1 unspecified atom stereocenters. The molecule has 3 fully saturated rings. The topological polar surface area (TPSA) is 135 Å². The molecule has 1 atom stereocenters. The summed E-state index contributed by atoms with van der Waals surface area (Å²) in [6, 6.07) is 11.1. The summed E-state index contributed by atoms with van der Waals surface area (Å²) in [5.74, 6) is 0.398. The van der Waals surface area contributed by atoms with Gasteiger partial charge < -0.3 is 9.88 Å². The van der Waals surface area contributed by atoms with Crippen molar-refractivity contribution in [2.24, 2.45) is 0 Å². The lowest BCUT2D eigenvalue weighted by atomic mass is 9.96. The van der Waals surface area contributed by atoms with Gasteiger partial charge in [-0.3, -0.25) is 39.2 Å². The second-order valence-corrected chi connectivity index (χ2v) is 15.2. The van der Waals surface area contributed by atoms with Crippen LogP contribution in [0.5, 0.6) is 0 Å². The number of aromatic amines is 1. The van der Waals surface area contributed by atoms with Crippen LogP contribution in [0.1, 0.15) is 71.5 Å². The van der Waals surface area contributed by atoms with Crippen LogP contribution in [0.15, 0.2) is 54.9 Å². The van der Waals surface area contributed by atoms with Crippen LogP contribution in [-0.2, 0) is 20.9 Å². The first kappa shape index (κ1) is 33.9. The lowest BCUT2D eigenvalue weighted by Gasteiger charge is -2.34. The molecule has 0 bridgehead atoms. The second-order valence-electron chi connectivity index (χ2n) is 14.8. The van der Waals surface area contributed by atoms with Crippen LogP contribution in [0.25, 0.3) is 27.9 Å². The number of carbonyl (C=O) groups is 4. The van der Waals surface area contributed by atoms with Gasteiger partial charge in [-0.2, -0.15) is 0 Å². The SMILES string of the molecule is O=C1CCC(N2Cc3cc(C4=CCN(CCCN5CCN(c6cccc(-c7cnc8[nH]cc(C9CC9)c8c7Cl)n6)C(=O)C5)CC4)ccc3C2=O)C(=O)N1. The monoisotopic (exact) mass is 732 g/mol. The van der Waals surface area contributed by atoms with Crippen LogP contribution in [0, 0.1) is 0 Å². The third kappa shape index (κ3) is 6.53. The van der Waals surface area contributed by atoms with Crippen LogP contribution in [0.3, 0.4) is 0 Å². The van der Waals surface area contributed by atoms with E-state index in [1.54, 1.807) is 16.0 Å². The van der Waals surface area contributed by atoms with Crippen LogP contribution in [0.2, 0.25) is 5.02 Å². The number of hydrogen-bond acceptors (Lipinski definition) is 8. The first-order valence-electron chi connectivity index (χ1n) is 18.7. The number of hydrogen-bond donors (Lipinski definition) is 2. The summed E-state index contributed by atoms with van der Waals surface area (Å²) in [5.41, 5.74) is 7.44. The van der Waals surface area contributed by atoms with E-state index in [2.05, 4.69) is 37.2 Å². The van der Waals surface area contributed by atoms with E-state index in [1.807, 2.05) is 36.5 Å². The fraction of sp³-hybridized carbons (Fsp3) is 0.400. The number of pyridine rings is 2. The molecule has 13 heteroatoms. The number of anilines is 1. The molecular formula is C40H41ClN8O4. The first-order chi connectivity index (χ1) is 25.8. The molecule has 0 spiro atoms. The molecule has 3 aromatic heterocycles. The second kappa shape index (κ2) is 13.8. The molecule has 2 N–H and O–H groups in total. The molecule has 4 aromatic rings. The van der Waals surface area contributed by atoms with E-state index in [-0.39, 0.29) is 24.1 Å². The third-order valence-corrected chi connectivity index (χ3v) is 11.8. The summed E-state index contributed by atoms with van der Waals surface area (Å²) in [5, 5.41) is 4.00. The number of piperazine rings is 1. The zero-order valence-electron chi connectivity index (χ0n) is 29.4. The fourth-order valence-electron chi connectivity index (χ4n) is 8.32. The lowest BCUT2D eigenvalue weighted by Crippen LogP contribution is -2.52. The van der Waals surface area contributed by atoms with Gasteiger partial charge in [0.25, 0.3) is 5.91 Å². The summed E-state index contributed by atoms with van der Waals surface area (Å²) in [7, 11) is 0. The Bertz CT molecular complexity index is 2190. The predicted octanol–water partition coefficient (Wildman–Crippen LogP) is 4.74. The summed E-state index contributed by atoms with van der Waals surface area (Å²) in [4.78, 5) is 71.3. The molecule has 4 amide bonds. The van der Waals surface area contributed by atoms with Crippen molar-refractivity contribution in [1.82, 2.24) is 35.0 Å². The molecule has 12 nitrogen and oxygen atoms in total. The highest BCUT2D eigenvalue weighted by molar-refractivity contribution is 6.38. The van der Waals surface area contributed by atoms with Gasteiger partial charge >= 0.3 is 0 Å². The molecule has 4 aliphatic heterocycles. The maximum Gasteiger partial charge on any atom is 0.255 e. The highest BCUT2D eigenvalue weighted by Gasteiger charge is 2.39. The number of nitrogens with zero attached hydrogens (tertiary/aromatic N) is 6. The highest BCUT2D eigenvalue weighted by Crippen LogP contribution is 2.46. The molecule has 5 aliphatic rings. The van der Waals surface area contributed by atoms with Crippen molar-refractivity contribution in [3.8, 4) is 11.3 Å². The van der Waals surface area contributed by atoms with Gasteiger partial charge in [0.15, 0.2) is 0 Å². The number of fused-ring (bicyclic) bond motifs is 2. The predicted molar refractivity (Wildman–Crippen MR) is 201 cm³/mol. The number of halogens is 1. The number of amides is 4. The van der Waals surface area contributed by atoms with Gasteiger partial charge in [-0.25, -0.2) is 9.97 Å². The summed E-state index contributed by atoms with van der Waals surface area (Å²) in [6.45, 7) is 5.70. The zero-order valence-corrected chi connectivity index (χ0v) is 30.2. The van der Waals surface area contributed by atoms with Crippen LogP contribution >= 0.6 is 11.6 Å². The summed E-state index contributed by atoms with van der Waals surface area (Å²) >= 11 is 6.95. The molecule has 272 valence electrons. The third-order valence-electron chi connectivity index (χ3n) is 11.4. The molecule has 7 heterocycles. The van der Waals surface area contributed by atoms with Crippen LogP contribution in [0.4, 0.5) is 5.82 Å². The Morgan fingerprint density at radius 1 is 0.906 bits per heavy atom. The van der Waals surface area contributed by atoms with Crippen molar-refractivity contribution in [2.45, 2.75) is 57.0 Å². The van der Waals surface area contributed by atoms with E-state index in [9.17, 15) is 19.2 Å². The molecule has 2 saturated heterocycles. The highest BCUT2D eigenvalue weighted by atomic mass is 35.5. The van der Waals surface area contributed by atoms with Crippen LogP contribution < -0.4 is 10.2 Å². The van der Waals surface area contributed by atoms with Crippen molar-refractivity contribution >= 4 is 57.7 Å². The molecule has 1 aliphatic carbocycles. The number of H-pyrrole nitrogens is 1. The molecule has 1 saturated carbocycles. The number of rotatable bonds is 9. The number of nitrogens with one attached hydrogen (secondary N) is 2. The standard InChI is InChI=1S/C40H41ClN8O4/c41-37-30(21-43-38-36(37)29(20-42-38)25-5-6-25)31-3-1-4-33(44-31)48-18-17-47(23-35(48)51)14-2-13-46-15-11-24(12-16-46)26-7-8-28-27(19-26)22-49(40(28)53)32-9-10-34(50)45-39(32)52/h1,3-4,7-8,11,19-21,25,32H,2,5-6,9-10,12-18,22-23H2,(H,42,43)(H,45,50,52). The van der Waals surface area contributed by atoms with Crippen molar-refractivity contribution in [3.05, 3.63) is 82.1 Å². The Kier molecular flexibility index (Phi) is 8.84. The van der Waals surface area contributed by atoms with E-state index in [0.717, 1.165) is 73.3 Å². The normalized spacial score (nSPS) is 21.4. The zero-order chi connectivity index (χ0) is 36.2. The first-order valence-corrected chi connectivity index (χ1v) is 19.0. The van der Waals surface area contributed by atoms with Crippen molar-refractivity contribution in [2.75, 3.05) is 50.7 Å². The Morgan fingerprint density at radius 3 is 2.57 bits per heavy atom. The van der Waals surface area contributed by atoms with Gasteiger partial charge in [0.2, 0.25) is 17.7 Å². The largest absolute Gasteiger partial charge is 0.346 e. The van der Waals surface area contributed by atoms with E-state index < -0.39 is 11.9 Å². The van der Waals surface area contributed by atoms with E-state index in [1.165, 1.54) is 24.0 Å². The van der Waals surface area contributed by atoms with E-state index in [4.69, 9.17) is 16.6 Å². The quantitative estimate of drug-likeness (QED) is 0.236. The van der Waals surface area contributed by atoms with E-state index in [0.29, 0.717) is 54.1 Å². The number of benzene rings is 1. The number of aromatic nitrogens is 3. The molecular weight excluding hydrogens is 692 g/mol. The van der Waals surface area contributed by atoms with Crippen molar-refractivity contribution in [3.63, 3.8) is 0 Å². The van der Waals surface area contributed by atoms with Gasteiger partial charge in [0.05, 0.1) is 17.3 Å². The maximum absolute atomic E-state index is 13.4. The maximum atomic E-state index is 13.4. The molecule has 9 rings (SSSR count). The Labute approximate surface area is 312 Å². The number of piperidine rings is 1. The van der Waals surface area contributed by atoms with Gasteiger partial charge in [0, 0.05) is 68.1 Å². The molecule has 1 aromatic carbocycles. The smallest absolute Gasteiger partial charge is 0.255 e. The lowest BCUT2D eigenvalue weighted by molar-refractivity contribution is -0.137. The van der Waals surface area contributed by atoms with Crippen LogP contribution in [-0.4, -0.2) is 105 Å². The van der Waals surface area contributed by atoms with Gasteiger partial charge in [-0.15, -0.1) is 0 Å². The Hall–Kier alpha value is -4.91. The summed E-state index contributed by atoms with van der Waals surface area (Å²) < 4.78 is 0. The van der Waals surface area contributed by atoms with Gasteiger partial charge in [0.1, 0.15) is 17.5 Å². The van der Waals surface area contributed by atoms with Crippen molar-refractivity contribution in [1.29, 1.82) is 0 Å². The minimum absolute atomic E-state index is 0.0454. The number of imide groups is 1. The average Bonchev–Trinajstić information content (AvgIpc) is 3.83. The average molecular weight is 733 g/mol. The van der Waals surface area contributed by atoms with Crippen molar-refractivity contribution < 1.29 is 19.2 Å². The van der Waals surface area contributed by atoms with Gasteiger partial charge in [-0.1, -0.05) is 29.8 Å².